The van der Waals surface area contributed by atoms with Crippen molar-refractivity contribution in [2.24, 2.45) is 0 Å². The molecular weight excluding hydrogens is 400 g/mol. The molecule has 23 heavy (non-hydrogen) atoms. The number of benzene rings is 1. The number of halogens is 2. The number of hydrogen-bond acceptors (Lipinski definition) is 7. The van der Waals surface area contributed by atoms with Gasteiger partial charge in [0.15, 0.2) is 0 Å². The molecule has 120 valence electrons. The van der Waals surface area contributed by atoms with Crippen LogP contribution < -0.4 is 10.0 Å². The summed E-state index contributed by atoms with van der Waals surface area (Å²) in [5, 5.41) is 3.40. The smallest absolute Gasteiger partial charge is 0.224 e. The molecule has 0 saturated heterocycles. The van der Waals surface area contributed by atoms with Crippen molar-refractivity contribution in [2.75, 3.05) is 16.3 Å². The quantitative estimate of drug-likeness (QED) is 0.465. The number of fused-ring (bicyclic) bond motifs is 1. The lowest BCUT2D eigenvalue weighted by Gasteiger charge is -2.14. The predicted molar refractivity (Wildman–Crippen MR) is 101 cm³/mol. The van der Waals surface area contributed by atoms with Gasteiger partial charge in [0.1, 0.15) is 11.3 Å². The maximum Gasteiger partial charge on any atom is 0.224 e. The van der Waals surface area contributed by atoms with E-state index in [-0.39, 0.29) is 12.7 Å². The molecule has 2 aromatic heterocycles. The zero-order chi connectivity index (χ0) is 15.5. The van der Waals surface area contributed by atoms with Crippen LogP contribution in [0.5, 0.6) is 0 Å². The van der Waals surface area contributed by atoms with E-state index in [4.69, 9.17) is 11.6 Å². The topological polar surface area (TPSA) is 75.6 Å². The summed E-state index contributed by atoms with van der Waals surface area (Å²) in [7, 11) is 0. The zero-order valence-corrected chi connectivity index (χ0v) is 14.5. The maximum absolute atomic E-state index is 5.85. The van der Waals surface area contributed by atoms with Crippen LogP contribution in [-0.4, -0.2) is 26.2 Å². The van der Waals surface area contributed by atoms with Crippen LogP contribution in [-0.2, 0) is 0 Å². The summed E-state index contributed by atoms with van der Waals surface area (Å²) >= 11 is 10.7. The van der Waals surface area contributed by atoms with E-state index in [2.05, 4.69) is 45.9 Å². The fraction of sp³-hybridized carbons (Fsp3) is 0.143. The number of anilines is 3. The highest BCUT2D eigenvalue weighted by Gasteiger charge is 2.12. The first-order valence-electron chi connectivity index (χ1n) is 6.17. The summed E-state index contributed by atoms with van der Waals surface area (Å²) in [4.78, 5) is 16.8. The average molecular weight is 414 g/mol. The summed E-state index contributed by atoms with van der Waals surface area (Å²) in [6, 6.07) is 3.81. The molecule has 0 unspecified atom stereocenters. The van der Waals surface area contributed by atoms with Crippen LogP contribution in [0.25, 0.3) is 11.0 Å². The third-order valence-corrected chi connectivity index (χ3v) is 3.98. The Morgan fingerprint density at radius 2 is 1.96 bits per heavy atom. The van der Waals surface area contributed by atoms with Gasteiger partial charge in [-0.3, -0.25) is 9.97 Å². The molecule has 0 saturated carbocycles. The largest absolute Gasteiger partial charge is 0.337 e. The maximum atomic E-state index is 5.85. The third-order valence-electron chi connectivity index (χ3n) is 2.81. The van der Waals surface area contributed by atoms with E-state index in [1.165, 1.54) is 11.9 Å². The molecule has 0 spiro atoms. The Morgan fingerprint density at radius 1 is 1.17 bits per heavy atom. The average Bonchev–Trinajstić information content (AvgIpc) is 2.53. The Bertz CT molecular complexity index is 831. The van der Waals surface area contributed by atoms with Gasteiger partial charge in [-0.1, -0.05) is 19.4 Å². The van der Waals surface area contributed by atoms with Crippen molar-refractivity contribution < 1.29 is 0 Å². The zero-order valence-electron chi connectivity index (χ0n) is 11.3. The standard InChI is InChI=1S/C13H10BrClN6S.CH4/c1-22-21-11-9(3-2-8-10(11)17-5-4-16-8)19-12-7(14)6-18-13(15)20-12;/h2-6,21H,1H3,(H,18,19,20);1H4. The van der Waals surface area contributed by atoms with Gasteiger partial charge in [-0.2, -0.15) is 4.98 Å². The molecule has 1 aromatic carbocycles. The highest BCUT2D eigenvalue weighted by atomic mass is 79.9. The van der Waals surface area contributed by atoms with Crippen LogP contribution in [0.15, 0.2) is 35.2 Å². The highest BCUT2D eigenvalue weighted by molar-refractivity contribution is 9.10. The molecule has 0 radical (unpaired) electrons. The highest BCUT2D eigenvalue weighted by Crippen LogP contribution is 2.34. The Hall–Kier alpha value is -1.64. The Balaban J connectivity index is 0.00000192. The van der Waals surface area contributed by atoms with Gasteiger partial charge in [-0.05, 0) is 39.7 Å². The van der Waals surface area contributed by atoms with Crippen LogP contribution in [0.2, 0.25) is 5.28 Å². The number of rotatable bonds is 4. The number of nitrogens with one attached hydrogen (secondary N) is 2. The van der Waals surface area contributed by atoms with Crippen molar-refractivity contribution in [3.05, 3.63) is 40.5 Å². The first kappa shape index (κ1) is 17.7. The summed E-state index contributed by atoms with van der Waals surface area (Å²) in [5.74, 6) is 0.576. The van der Waals surface area contributed by atoms with Crippen molar-refractivity contribution in [3.8, 4) is 0 Å². The predicted octanol–water partition coefficient (Wildman–Crippen LogP) is 4.91. The van der Waals surface area contributed by atoms with E-state index >= 15 is 0 Å². The molecule has 0 aliphatic carbocycles. The van der Waals surface area contributed by atoms with E-state index in [0.717, 1.165) is 22.4 Å². The SMILES string of the molecule is C.CSNc1c(Nc2nc(Cl)ncc2Br)ccc2nccnc12. The van der Waals surface area contributed by atoms with Crippen LogP contribution in [0.3, 0.4) is 0 Å². The Kier molecular flexibility index (Phi) is 5.97. The monoisotopic (exact) mass is 412 g/mol. The third kappa shape index (κ3) is 3.82. The van der Waals surface area contributed by atoms with E-state index in [9.17, 15) is 0 Å². The fourth-order valence-corrected chi connectivity index (χ4v) is 2.74. The molecule has 0 aliphatic heterocycles. The van der Waals surface area contributed by atoms with Gasteiger partial charge >= 0.3 is 0 Å². The van der Waals surface area contributed by atoms with Gasteiger partial charge in [-0.25, -0.2) is 4.98 Å². The van der Waals surface area contributed by atoms with Crippen molar-refractivity contribution in [3.63, 3.8) is 0 Å². The Morgan fingerprint density at radius 3 is 2.74 bits per heavy atom. The van der Waals surface area contributed by atoms with E-state index in [1.807, 2.05) is 18.4 Å². The molecule has 0 atom stereocenters. The summed E-state index contributed by atoms with van der Waals surface area (Å²) in [6.07, 6.45) is 6.87. The molecule has 0 fully saturated rings. The number of aromatic nitrogens is 4. The minimum Gasteiger partial charge on any atom is -0.337 e. The molecule has 0 aliphatic rings. The normalized spacial score (nSPS) is 10.2. The molecule has 0 bridgehead atoms. The first-order valence-corrected chi connectivity index (χ1v) is 8.56. The van der Waals surface area contributed by atoms with Gasteiger partial charge in [0.25, 0.3) is 0 Å². The van der Waals surface area contributed by atoms with Crippen molar-refractivity contribution in [1.82, 2.24) is 19.9 Å². The van der Waals surface area contributed by atoms with Crippen LogP contribution in [0, 0.1) is 0 Å². The lowest BCUT2D eigenvalue weighted by atomic mass is 10.2. The van der Waals surface area contributed by atoms with Gasteiger partial charge in [0.2, 0.25) is 5.28 Å². The van der Waals surface area contributed by atoms with Crippen LogP contribution in [0.1, 0.15) is 7.43 Å². The summed E-state index contributed by atoms with van der Waals surface area (Å²) in [6.45, 7) is 0. The first-order chi connectivity index (χ1) is 10.7. The summed E-state index contributed by atoms with van der Waals surface area (Å²) in [5.41, 5.74) is 3.24. The molecular formula is C14H14BrClN6S. The van der Waals surface area contributed by atoms with Crippen molar-refractivity contribution >= 4 is 67.7 Å². The molecule has 0 amide bonds. The van der Waals surface area contributed by atoms with Crippen LogP contribution in [0.4, 0.5) is 17.2 Å². The lowest BCUT2D eigenvalue weighted by molar-refractivity contribution is 1.15. The molecule has 6 nitrogen and oxygen atoms in total. The Labute approximate surface area is 151 Å². The molecule has 3 aromatic rings. The minimum atomic E-state index is 0. The van der Waals surface area contributed by atoms with Gasteiger partial charge < -0.3 is 10.0 Å². The van der Waals surface area contributed by atoms with Gasteiger partial charge in [0, 0.05) is 24.8 Å². The van der Waals surface area contributed by atoms with Gasteiger partial charge in [0.05, 0.1) is 21.4 Å². The second-order valence-corrected chi connectivity index (χ2v) is 5.98. The molecule has 2 heterocycles. The van der Waals surface area contributed by atoms with Crippen LogP contribution >= 0.6 is 39.5 Å². The minimum absolute atomic E-state index is 0. The van der Waals surface area contributed by atoms with Crippen molar-refractivity contribution in [1.29, 1.82) is 0 Å². The van der Waals surface area contributed by atoms with Crippen molar-refractivity contribution in [2.45, 2.75) is 7.43 Å². The second-order valence-electron chi connectivity index (χ2n) is 4.18. The second kappa shape index (κ2) is 7.76. The number of nitrogens with zero attached hydrogens (tertiary/aromatic N) is 4. The molecule has 3 rings (SSSR count). The fourth-order valence-electron chi connectivity index (χ4n) is 1.91. The van der Waals surface area contributed by atoms with E-state index < -0.39 is 0 Å². The molecule has 9 heteroatoms. The summed E-state index contributed by atoms with van der Waals surface area (Å²) < 4.78 is 3.95. The van der Waals surface area contributed by atoms with E-state index in [1.54, 1.807) is 18.6 Å². The van der Waals surface area contributed by atoms with Gasteiger partial charge in [-0.15, -0.1) is 0 Å². The number of hydrogen-bond donors (Lipinski definition) is 2. The lowest BCUT2D eigenvalue weighted by Crippen LogP contribution is -2.01. The van der Waals surface area contributed by atoms with E-state index in [0.29, 0.717) is 10.3 Å². The molecule has 2 N–H and O–H groups in total.